The number of hydrogen-bond donors (Lipinski definition) is 11. The van der Waals surface area contributed by atoms with Crippen LogP contribution in [0.1, 0.15) is 89.4 Å². The van der Waals surface area contributed by atoms with E-state index in [0.717, 1.165) is 0 Å². The Bertz CT molecular complexity index is 1850. The number of fused-ring (bicyclic) bond motifs is 5. The monoisotopic (exact) mass is 956 g/mol. The van der Waals surface area contributed by atoms with E-state index in [1.54, 1.807) is 38.1 Å². The summed E-state index contributed by atoms with van der Waals surface area (Å²) >= 11 is 0. The molecule has 0 bridgehead atoms. The van der Waals surface area contributed by atoms with Gasteiger partial charge in [0.25, 0.3) is 0 Å². The van der Waals surface area contributed by atoms with Gasteiger partial charge in [0.05, 0.1) is 42.7 Å². The highest BCUT2D eigenvalue weighted by molar-refractivity contribution is 5.89. The van der Waals surface area contributed by atoms with Crippen molar-refractivity contribution in [2.45, 2.75) is 201 Å². The van der Waals surface area contributed by atoms with Gasteiger partial charge in [-0.1, -0.05) is 32.0 Å². The number of benzene rings is 1. The van der Waals surface area contributed by atoms with E-state index in [2.05, 4.69) is 6.92 Å². The minimum absolute atomic E-state index is 0.0568. The van der Waals surface area contributed by atoms with Gasteiger partial charge in [-0.05, 0) is 94.6 Å². The van der Waals surface area contributed by atoms with Crippen molar-refractivity contribution in [1.29, 1.82) is 0 Å². The van der Waals surface area contributed by atoms with Crippen LogP contribution in [0, 0.1) is 28.6 Å². The molecule has 3 aliphatic heterocycles. The van der Waals surface area contributed by atoms with Crippen LogP contribution in [0.3, 0.4) is 0 Å². The molecule has 20 nitrogen and oxygen atoms in total. The van der Waals surface area contributed by atoms with E-state index in [4.69, 9.17) is 37.9 Å². The molecule has 0 unspecified atom stereocenters. The molecule has 4 saturated carbocycles. The highest BCUT2D eigenvalue weighted by Crippen LogP contribution is 2.71. The zero-order valence-electron chi connectivity index (χ0n) is 38.7. The molecule has 0 amide bonds. The normalized spacial score (nSPS) is 51.5. The lowest BCUT2D eigenvalue weighted by Crippen LogP contribution is -2.76. The first-order valence-electron chi connectivity index (χ1n) is 23.8. The Morgan fingerprint density at radius 1 is 0.746 bits per heavy atom. The average molecular weight is 957 g/mol. The summed E-state index contributed by atoms with van der Waals surface area (Å²) in [5.41, 5.74) is -4.44. The molecule has 20 heteroatoms. The van der Waals surface area contributed by atoms with Crippen molar-refractivity contribution < 1.29 is 98.9 Å². The van der Waals surface area contributed by atoms with Crippen molar-refractivity contribution in [3.8, 4) is 0 Å². The Morgan fingerprint density at radius 2 is 1.39 bits per heavy atom. The smallest absolute Gasteiger partial charge is 0.338 e. The molecule has 1 aromatic carbocycles. The van der Waals surface area contributed by atoms with Gasteiger partial charge in [-0.25, -0.2) is 4.79 Å². The third-order valence-corrected chi connectivity index (χ3v) is 17.4. The van der Waals surface area contributed by atoms with Gasteiger partial charge in [0.1, 0.15) is 78.8 Å². The number of aliphatic hydroxyl groups excluding tert-OH is 9. The summed E-state index contributed by atoms with van der Waals surface area (Å²) in [7, 11) is 1.35. The van der Waals surface area contributed by atoms with Gasteiger partial charge in [0.15, 0.2) is 18.9 Å². The van der Waals surface area contributed by atoms with E-state index in [0.29, 0.717) is 44.1 Å². The maximum atomic E-state index is 13.1. The Labute approximate surface area is 389 Å². The molecule has 7 fully saturated rings. The average Bonchev–Trinajstić information content (AvgIpc) is 3.52. The summed E-state index contributed by atoms with van der Waals surface area (Å²) in [6, 6.07) is 8.67. The lowest BCUT2D eigenvalue weighted by molar-refractivity contribution is -0.367. The Hall–Kier alpha value is -2.03. The Balaban J connectivity index is 0.887. The van der Waals surface area contributed by atoms with Crippen LogP contribution in [0.25, 0.3) is 0 Å². The zero-order valence-corrected chi connectivity index (χ0v) is 38.7. The predicted octanol–water partition coefficient (Wildman–Crippen LogP) is -1.39. The van der Waals surface area contributed by atoms with Crippen molar-refractivity contribution in [2.24, 2.45) is 28.6 Å². The fourth-order valence-corrected chi connectivity index (χ4v) is 13.6. The number of methoxy groups -OCH3 is 1. The molecule has 8 rings (SSSR count). The number of hydrogen-bond acceptors (Lipinski definition) is 20. The maximum Gasteiger partial charge on any atom is 0.338 e. The van der Waals surface area contributed by atoms with E-state index in [9.17, 15) is 61.0 Å². The fourth-order valence-electron chi connectivity index (χ4n) is 13.6. The lowest BCUT2D eigenvalue weighted by atomic mass is 9.41. The van der Waals surface area contributed by atoms with Crippen LogP contribution in [-0.2, 0) is 37.9 Å². The van der Waals surface area contributed by atoms with Gasteiger partial charge in [-0.15, -0.1) is 0 Å². The first-order valence-corrected chi connectivity index (χ1v) is 23.8. The van der Waals surface area contributed by atoms with Crippen LogP contribution in [0.15, 0.2) is 30.3 Å². The molecular weight excluding hydrogens is 884 g/mol. The van der Waals surface area contributed by atoms with Gasteiger partial charge in [0, 0.05) is 18.4 Å². The Morgan fingerprint density at radius 3 is 2.06 bits per heavy atom. The van der Waals surface area contributed by atoms with Gasteiger partial charge in [0.2, 0.25) is 0 Å². The number of rotatable bonds is 12. The van der Waals surface area contributed by atoms with Crippen LogP contribution in [0.4, 0.5) is 0 Å². The number of aliphatic hydroxyl groups is 11. The molecule has 1 aromatic rings. The standard InChI is InChI=1S/C47H72O20/c1-21(62-40(57)23-9-7-6-8-10-23)26-18-30(49)47(59)45(26,4)15-13-29-44(3)14-12-25(17-24(44)11-16-46(29,47)58)64-43-37(56)39(60-5)38(22(2)63-43)67-42-36(55)34(53)32(51)28(66-42)20-61-41-35(54)33(52)31(50)27(19-48)65-41/h6-10,21-22,24-39,41-43,48-56,58-59H,11-20H2,1-5H3/t21-,22+,24-,25-,26+,27+,28+,29+,30+,31-,32-,33-,34-,35+,36+,37+,38-,39+,41+,42-,43-,44-,45+,46-,47+/m0/s1. The van der Waals surface area contributed by atoms with Crippen LogP contribution in [0.2, 0.25) is 0 Å². The largest absolute Gasteiger partial charge is 0.459 e. The molecule has 3 heterocycles. The summed E-state index contributed by atoms with van der Waals surface area (Å²) in [5, 5.41) is 122. The second-order valence-corrected chi connectivity index (χ2v) is 20.9. The molecule has 380 valence electrons. The first-order chi connectivity index (χ1) is 31.6. The highest BCUT2D eigenvalue weighted by atomic mass is 16.8. The number of ether oxygens (including phenoxy) is 8. The minimum Gasteiger partial charge on any atom is -0.459 e. The van der Waals surface area contributed by atoms with E-state index in [-0.39, 0.29) is 30.8 Å². The molecule has 4 aliphatic carbocycles. The van der Waals surface area contributed by atoms with Gasteiger partial charge in [-0.2, -0.15) is 0 Å². The highest BCUT2D eigenvalue weighted by Gasteiger charge is 2.77. The van der Waals surface area contributed by atoms with E-state index in [1.807, 2.05) is 13.0 Å². The third-order valence-electron chi connectivity index (χ3n) is 17.4. The molecule has 0 aromatic heterocycles. The van der Waals surface area contributed by atoms with Crippen molar-refractivity contribution in [1.82, 2.24) is 0 Å². The molecule has 67 heavy (non-hydrogen) atoms. The summed E-state index contributed by atoms with van der Waals surface area (Å²) < 4.78 is 47.2. The Kier molecular flexibility index (Phi) is 15.0. The van der Waals surface area contributed by atoms with Crippen molar-refractivity contribution in [2.75, 3.05) is 20.3 Å². The summed E-state index contributed by atoms with van der Waals surface area (Å²) in [4.78, 5) is 13.1. The number of esters is 1. The van der Waals surface area contributed by atoms with Gasteiger partial charge >= 0.3 is 5.97 Å². The molecule has 11 N–H and O–H groups in total. The van der Waals surface area contributed by atoms with E-state index < -0.39 is 151 Å². The molecule has 3 saturated heterocycles. The van der Waals surface area contributed by atoms with Gasteiger partial charge < -0.3 is 94.1 Å². The van der Waals surface area contributed by atoms with Crippen LogP contribution < -0.4 is 0 Å². The molecular formula is C47H72O20. The van der Waals surface area contributed by atoms with Crippen LogP contribution in [0.5, 0.6) is 0 Å². The first kappa shape index (κ1) is 51.3. The minimum atomic E-state index is -1.86. The number of carbonyl (C=O) groups excluding carboxylic acids is 1. The third kappa shape index (κ3) is 8.60. The van der Waals surface area contributed by atoms with Crippen molar-refractivity contribution in [3.05, 3.63) is 35.9 Å². The number of carbonyl (C=O) groups is 1. The zero-order chi connectivity index (χ0) is 48.5. The predicted molar refractivity (Wildman–Crippen MR) is 228 cm³/mol. The SMILES string of the molecule is CO[C@@H]1[C@@H](O)[C@H](O[C@H]2CC[C@@]3(C)[C@@H](CC[C@]4(O)[C@@H]3CC[C@]3(C)[C@@H]([C@H](C)OC(=O)c5ccccc5)C[C@@H](O)[C@@]34O)C2)O[C@H](C)[C@@H]1O[C@@H]1O[C@H](CO[C@@H]2O[C@H](CO)[C@H](O)[C@H](O)[C@H]2O)[C@H](O)[C@H](O)[C@H]1O. The quantitative estimate of drug-likeness (QED) is 0.0849. The van der Waals surface area contributed by atoms with E-state index in [1.165, 1.54) is 7.11 Å². The molecule has 7 aliphatic rings. The molecule has 0 radical (unpaired) electrons. The molecule has 0 spiro atoms. The summed E-state index contributed by atoms with van der Waals surface area (Å²) in [6.07, 6.45) is -20.3. The van der Waals surface area contributed by atoms with Crippen LogP contribution in [-0.4, -0.2) is 204 Å². The molecule has 25 atom stereocenters. The van der Waals surface area contributed by atoms with Crippen LogP contribution >= 0.6 is 0 Å². The summed E-state index contributed by atoms with van der Waals surface area (Å²) in [5.74, 6) is -1.19. The maximum absolute atomic E-state index is 13.1. The van der Waals surface area contributed by atoms with Gasteiger partial charge in [-0.3, -0.25) is 0 Å². The second-order valence-electron chi connectivity index (χ2n) is 20.9. The fraction of sp³-hybridized carbons (Fsp3) is 0.851. The topological polar surface area (TPSA) is 313 Å². The second kappa shape index (κ2) is 19.5. The summed E-state index contributed by atoms with van der Waals surface area (Å²) in [6.45, 7) is 6.25. The van der Waals surface area contributed by atoms with Crippen molar-refractivity contribution >= 4 is 5.97 Å². The van der Waals surface area contributed by atoms with Crippen molar-refractivity contribution in [3.63, 3.8) is 0 Å². The van der Waals surface area contributed by atoms with E-state index >= 15 is 0 Å². The lowest BCUT2D eigenvalue weighted by Gasteiger charge is -2.67.